The highest BCUT2D eigenvalue weighted by atomic mass is 19.3. The molecule has 0 aromatic carbocycles. The van der Waals surface area contributed by atoms with Crippen LogP contribution in [0.3, 0.4) is 0 Å². The average molecular weight is 170 g/mol. The summed E-state index contributed by atoms with van der Waals surface area (Å²) < 4.78 is 47.2. The van der Waals surface area contributed by atoms with Crippen LogP contribution in [0.15, 0.2) is 12.7 Å². The minimum absolute atomic E-state index is 0.227. The van der Waals surface area contributed by atoms with E-state index in [0.29, 0.717) is 0 Å². The lowest BCUT2D eigenvalue weighted by atomic mass is 10.1. The smallest absolute Gasteiger partial charge is 0.243 e. The van der Waals surface area contributed by atoms with Crippen LogP contribution in [0.2, 0.25) is 0 Å². The second-order valence-corrected chi connectivity index (χ2v) is 2.18. The minimum Gasteiger partial charge on any atom is -0.243 e. The van der Waals surface area contributed by atoms with Crippen molar-refractivity contribution in [3.8, 4) is 0 Å². The third-order valence-electron chi connectivity index (χ3n) is 1.25. The van der Waals surface area contributed by atoms with E-state index in [1.165, 1.54) is 0 Å². The first-order valence-electron chi connectivity index (χ1n) is 3.26. The van der Waals surface area contributed by atoms with E-state index in [9.17, 15) is 17.6 Å². The third-order valence-corrected chi connectivity index (χ3v) is 1.25. The molecule has 0 N–H and O–H groups in total. The number of hydrogen-bond donors (Lipinski definition) is 0. The maximum absolute atomic E-state index is 12.2. The Morgan fingerprint density at radius 1 is 1.09 bits per heavy atom. The molecule has 66 valence electrons. The van der Waals surface area contributed by atoms with Crippen molar-refractivity contribution in [1.29, 1.82) is 0 Å². The highest BCUT2D eigenvalue weighted by Gasteiger charge is 2.19. The fourth-order valence-corrected chi connectivity index (χ4v) is 0.562. The molecule has 2 unspecified atom stereocenters. The topological polar surface area (TPSA) is 0 Å². The summed E-state index contributed by atoms with van der Waals surface area (Å²) in [6.45, 7) is 3.10. The first kappa shape index (κ1) is 10.5. The van der Waals surface area contributed by atoms with E-state index in [1.807, 2.05) is 0 Å². The maximum atomic E-state index is 12.2. The van der Waals surface area contributed by atoms with E-state index in [1.54, 1.807) is 0 Å². The van der Waals surface area contributed by atoms with Crippen LogP contribution in [0.4, 0.5) is 17.6 Å². The summed E-state index contributed by atoms with van der Waals surface area (Å²) in [5.74, 6) is 0. The van der Waals surface area contributed by atoms with Crippen LogP contribution in [0.1, 0.15) is 12.8 Å². The lowest BCUT2D eigenvalue weighted by Crippen LogP contribution is -2.13. The molecule has 0 aliphatic rings. The van der Waals surface area contributed by atoms with Gasteiger partial charge >= 0.3 is 0 Å². The highest BCUT2D eigenvalue weighted by Crippen LogP contribution is 2.14. The van der Waals surface area contributed by atoms with Gasteiger partial charge in [0.1, 0.15) is 6.17 Å². The third kappa shape index (κ3) is 4.81. The summed E-state index contributed by atoms with van der Waals surface area (Å²) >= 11 is 0. The van der Waals surface area contributed by atoms with Gasteiger partial charge < -0.3 is 0 Å². The van der Waals surface area contributed by atoms with E-state index in [0.717, 1.165) is 6.08 Å². The number of rotatable bonds is 5. The van der Waals surface area contributed by atoms with E-state index in [-0.39, 0.29) is 6.42 Å². The molecule has 2 atom stereocenters. The number of hydrogen-bond acceptors (Lipinski definition) is 0. The predicted molar refractivity (Wildman–Crippen MR) is 35.2 cm³/mol. The van der Waals surface area contributed by atoms with Gasteiger partial charge in [0.15, 0.2) is 6.17 Å². The zero-order chi connectivity index (χ0) is 8.85. The molecule has 0 aromatic rings. The van der Waals surface area contributed by atoms with Crippen LogP contribution in [0.25, 0.3) is 0 Å². The molecule has 0 saturated heterocycles. The van der Waals surface area contributed by atoms with E-state index < -0.39 is 25.2 Å². The van der Waals surface area contributed by atoms with Gasteiger partial charge in [0.25, 0.3) is 6.43 Å². The van der Waals surface area contributed by atoms with Gasteiger partial charge in [-0.05, 0) is 12.8 Å². The fraction of sp³-hybridized carbons (Fsp3) is 0.714. The number of halogens is 4. The van der Waals surface area contributed by atoms with Gasteiger partial charge in [0.05, 0.1) is 0 Å². The SMILES string of the molecule is C=CC(F)CCC(F)C(F)F. The second kappa shape index (κ2) is 5.16. The highest BCUT2D eigenvalue weighted by molar-refractivity contribution is 4.79. The predicted octanol–water partition coefficient (Wildman–Crippen LogP) is 2.89. The number of allylic oxidation sites excluding steroid dienone is 1. The number of alkyl halides is 4. The van der Waals surface area contributed by atoms with Crippen LogP contribution in [-0.4, -0.2) is 18.8 Å². The van der Waals surface area contributed by atoms with Gasteiger partial charge in [-0.25, -0.2) is 17.6 Å². The molecular formula is C7H10F4. The molecule has 0 heterocycles. The first-order chi connectivity index (χ1) is 5.07. The monoisotopic (exact) mass is 170 g/mol. The standard InChI is InChI=1S/C7H10F4/c1-2-5(8)3-4-6(9)7(10)11/h2,5-7H,1,3-4H2. The molecule has 0 rings (SSSR count). The minimum atomic E-state index is -3.01. The molecule has 0 fully saturated rings. The Balaban J connectivity index is 3.45. The van der Waals surface area contributed by atoms with Gasteiger partial charge in [-0.3, -0.25) is 0 Å². The second-order valence-electron chi connectivity index (χ2n) is 2.18. The molecule has 0 aliphatic heterocycles. The van der Waals surface area contributed by atoms with Crippen LogP contribution >= 0.6 is 0 Å². The lowest BCUT2D eigenvalue weighted by Gasteiger charge is -2.06. The average Bonchev–Trinajstić information content (AvgIpc) is 1.99. The van der Waals surface area contributed by atoms with Gasteiger partial charge in [-0.1, -0.05) is 6.08 Å². The normalized spacial score (nSPS) is 16.5. The van der Waals surface area contributed by atoms with E-state index in [4.69, 9.17) is 0 Å². The van der Waals surface area contributed by atoms with Crippen molar-refractivity contribution in [1.82, 2.24) is 0 Å². The molecule has 0 aliphatic carbocycles. The quantitative estimate of drug-likeness (QED) is 0.439. The summed E-state index contributed by atoms with van der Waals surface area (Å²) in [7, 11) is 0. The Morgan fingerprint density at radius 2 is 1.64 bits per heavy atom. The van der Waals surface area contributed by atoms with Crippen molar-refractivity contribution in [2.45, 2.75) is 31.6 Å². The molecule has 0 spiro atoms. The zero-order valence-electron chi connectivity index (χ0n) is 5.94. The Kier molecular flexibility index (Phi) is 4.90. The Hall–Kier alpha value is -0.540. The summed E-state index contributed by atoms with van der Waals surface area (Å²) in [5, 5.41) is 0. The summed E-state index contributed by atoms with van der Waals surface area (Å²) in [5.41, 5.74) is 0. The molecule has 0 saturated carbocycles. The largest absolute Gasteiger partial charge is 0.269 e. The van der Waals surface area contributed by atoms with Crippen molar-refractivity contribution in [3.05, 3.63) is 12.7 Å². The molecule has 0 nitrogen and oxygen atoms in total. The van der Waals surface area contributed by atoms with E-state index in [2.05, 4.69) is 6.58 Å². The van der Waals surface area contributed by atoms with E-state index >= 15 is 0 Å². The Morgan fingerprint density at radius 3 is 2.00 bits per heavy atom. The molecule has 11 heavy (non-hydrogen) atoms. The molecule has 0 amide bonds. The molecule has 0 radical (unpaired) electrons. The lowest BCUT2D eigenvalue weighted by molar-refractivity contribution is 0.0419. The Labute approximate surface area is 62.9 Å². The summed E-state index contributed by atoms with van der Waals surface area (Å²) in [6, 6.07) is 0. The van der Waals surface area contributed by atoms with Crippen molar-refractivity contribution in [3.63, 3.8) is 0 Å². The maximum Gasteiger partial charge on any atom is 0.269 e. The van der Waals surface area contributed by atoms with Crippen molar-refractivity contribution >= 4 is 0 Å². The van der Waals surface area contributed by atoms with Crippen LogP contribution < -0.4 is 0 Å². The molecule has 0 aromatic heterocycles. The molecule has 0 bridgehead atoms. The van der Waals surface area contributed by atoms with Gasteiger partial charge in [0, 0.05) is 0 Å². The zero-order valence-corrected chi connectivity index (χ0v) is 5.94. The van der Waals surface area contributed by atoms with Gasteiger partial charge in [0.2, 0.25) is 0 Å². The van der Waals surface area contributed by atoms with Crippen molar-refractivity contribution in [2.24, 2.45) is 0 Å². The fourth-order valence-electron chi connectivity index (χ4n) is 0.562. The Bertz CT molecular complexity index is 113. The summed E-state index contributed by atoms with van der Waals surface area (Å²) in [4.78, 5) is 0. The molecule has 4 heteroatoms. The van der Waals surface area contributed by atoms with Crippen LogP contribution in [-0.2, 0) is 0 Å². The van der Waals surface area contributed by atoms with Gasteiger partial charge in [-0.2, -0.15) is 0 Å². The first-order valence-corrected chi connectivity index (χ1v) is 3.26. The van der Waals surface area contributed by atoms with Crippen molar-refractivity contribution < 1.29 is 17.6 Å². The van der Waals surface area contributed by atoms with Crippen LogP contribution in [0.5, 0.6) is 0 Å². The summed E-state index contributed by atoms with van der Waals surface area (Å²) in [6.07, 6.45) is -6.31. The molecular weight excluding hydrogens is 160 g/mol. The van der Waals surface area contributed by atoms with Crippen LogP contribution in [0, 0.1) is 0 Å². The van der Waals surface area contributed by atoms with Crippen molar-refractivity contribution in [2.75, 3.05) is 0 Å². The van der Waals surface area contributed by atoms with Gasteiger partial charge in [-0.15, -0.1) is 6.58 Å².